The predicted octanol–water partition coefficient (Wildman–Crippen LogP) is 2.09. The van der Waals surface area contributed by atoms with Gasteiger partial charge in [-0.1, -0.05) is 26.7 Å². The highest BCUT2D eigenvalue weighted by atomic mass is 16.7. The van der Waals surface area contributed by atoms with E-state index in [0.29, 0.717) is 13.2 Å². The summed E-state index contributed by atoms with van der Waals surface area (Å²) in [7, 11) is 1.56. The molecule has 0 saturated heterocycles. The molecule has 0 heterocycles. The number of amides is 2. The Morgan fingerprint density at radius 2 is 1.80 bits per heavy atom. The fourth-order valence-corrected chi connectivity index (χ4v) is 0.798. The van der Waals surface area contributed by atoms with Gasteiger partial charge >= 0.3 is 6.03 Å². The molecule has 5 nitrogen and oxygen atoms in total. The normalized spacial score (nSPS) is 10.1. The van der Waals surface area contributed by atoms with Gasteiger partial charge in [0.15, 0.2) is 0 Å². The monoisotopic (exact) mass is 218 g/mol. The molecule has 0 fully saturated rings. The number of hydrogen-bond acceptors (Lipinski definition) is 3. The summed E-state index contributed by atoms with van der Waals surface area (Å²) in [6, 6.07) is -0.373. The molecule has 0 aliphatic carbocycles. The summed E-state index contributed by atoms with van der Waals surface area (Å²) in [6.45, 7) is 5.21. The van der Waals surface area contributed by atoms with E-state index in [1.165, 1.54) is 0 Å². The first kappa shape index (κ1) is 14.2. The minimum atomic E-state index is -0.373. The molecule has 0 saturated carbocycles. The van der Waals surface area contributed by atoms with Crippen LogP contribution < -0.4 is 5.48 Å². The molecule has 0 aliphatic rings. The Hall–Kier alpha value is -0.810. The molecule has 90 valence electrons. The van der Waals surface area contributed by atoms with Gasteiger partial charge in [0.25, 0.3) is 0 Å². The van der Waals surface area contributed by atoms with E-state index < -0.39 is 0 Å². The van der Waals surface area contributed by atoms with E-state index >= 15 is 0 Å². The van der Waals surface area contributed by atoms with Gasteiger partial charge in [-0.3, -0.25) is 9.68 Å². The van der Waals surface area contributed by atoms with Crippen molar-refractivity contribution in [2.45, 2.75) is 39.5 Å². The highest BCUT2D eigenvalue weighted by molar-refractivity contribution is 5.71. The first-order valence-electron chi connectivity index (χ1n) is 5.50. The van der Waals surface area contributed by atoms with E-state index in [0.717, 1.165) is 30.7 Å². The van der Waals surface area contributed by atoms with Crippen LogP contribution >= 0.6 is 0 Å². The molecule has 0 bridgehead atoms. The molecule has 2 amide bonds. The molecule has 15 heavy (non-hydrogen) atoms. The van der Waals surface area contributed by atoms with Crippen LogP contribution in [-0.2, 0) is 9.68 Å². The van der Waals surface area contributed by atoms with Gasteiger partial charge in [-0.05, 0) is 12.8 Å². The minimum absolute atomic E-state index is 0.373. The molecule has 0 spiro atoms. The Morgan fingerprint density at radius 3 is 2.40 bits per heavy atom. The largest absolute Gasteiger partial charge is 0.364 e. The third-order valence-corrected chi connectivity index (χ3v) is 1.83. The van der Waals surface area contributed by atoms with E-state index in [1.54, 1.807) is 7.05 Å². The molecule has 0 aromatic rings. The van der Waals surface area contributed by atoms with Crippen LogP contribution in [0.1, 0.15) is 39.5 Å². The number of carbonyl (C=O) groups excluding carboxylic acids is 1. The topological polar surface area (TPSA) is 50.8 Å². The zero-order valence-electron chi connectivity index (χ0n) is 9.91. The number of unbranched alkanes of at least 4 members (excludes halogenated alkanes) is 2. The molecule has 0 aliphatic heterocycles. The maximum absolute atomic E-state index is 11.3. The van der Waals surface area contributed by atoms with Crippen molar-refractivity contribution in [1.29, 1.82) is 0 Å². The second kappa shape index (κ2) is 9.73. The Balaban J connectivity index is 3.42. The Bertz CT molecular complexity index is 165. The van der Waals surface area contributed by atoms with Crippen LogP contribution in [0.5, 0.6) is 0 Å². The van der Waals surface area contributed by atoms with Crippen molar-refractivity contribution in [3.63, 3.8) is 0 Å². The Kier molecular flexibility index (Phi) is 9.21. The summed E-state index contributed by atoms with van der Waals surface area (Å²) in [5.74, 6) is 0. The lowest BCUT2D eigenvalue weighted by atomic mass is 10.4. The van der Waals surface area contributed by atoms with E-state index in [-0.39, 0.29) is 6.03 Å². The lowest BCUT2D eigenvalue weighted by Crippen LogP contribution is -2.37. The summed E-state index contributed by atoms with van der Waals surface area (Å²) >= 11 is 0. The second-order valence-electron chi connectivity index (χ2n) is 3.29. The molecule has 1 N–H and O–H groups in total. The number of nitrogens with one attached hydrogen (secondary N) is 1. The second-order valence-corrected chi connectivity index (χ2v) is 3.29. The van der Waals surface area contributed by atoms with Crippen molar-refractivity contribution >= 4 is 6.03 Å². The maximum Gasteiger partial charge on any atom is 0.364 e. The lowest BCUT2D eigenvalue weighted by Gasteiger charge is -2.16. The fourth-order valence-electron chi connectivity index (χ4n) is 0.798. The van der Waals surface area contributed by atoms with Crippen molar-refractivity contribution in [2.75, 3.05) is 20.3 Å². The van der Waals surface area contributed by atoms with Crippen molar-refractivity contribution in [3.05, 3.63) is 0 Å². The van der Waals surface area contributed by atoms with Gasteiger partial charge in [0.1, 0.15) is 0 Å². The minimum Gasteiger partial charge on any atom is -0.272 e. The summed E-state index contributed by atoms with van der Waals surface area (Å²) < 4.78 is 0. The number of nitrogens with zero attached hydrogens (tertiary/aromatic N) is 1. The molecular formula is C10H22N2O3. The molecular weight excluding hydrogens is 196 g/mol. The van der Waals surface area contributed by atoms with Gasteiger partial charge in [0, 0.05) is 7.05 Å². The van der Waals surface area contributed by atoms with Crippen molar-refractivity contribution in [1.82, 2.24) is 10.5 Å². The van der Waals surface area contributed by atoms with Crippen LogP contribution in [0, 0.1) is 0 Å². The standard InChI is InChI=1S/C10H22N2O3/c1-4-6-8-14-11-10(13)12(3)15-9-7-5-2/h4-9H2,1-3H3,(H,11,13). The number of urea groups is 1. The summed E-state index contributed by atoms with van der Waals surface area (Å²) in [4.78, 5) is 21.3. The van der Waals surface area contributed by atoms with Gasteiger partial charge < -0.3 is 0 Å². The quantitative estimate of drug-likeness (QED) is 0.501. The van der Waals surface area contributed by atoms with E-state index in [4.69, 9.17) is 9.68 Å². The fraction of sp³-hybridized carbons (Fsp3) is 0.900. The average Bonchev–Trinajstić information content (AvgIpc) is 2.24. The first-order valence-corrected chi connectivity index (χ1v) is 5.50. The molecule has 0 atom stereocenters. The van der Waals surface area contributed by atoms with Gasteiger partial charge in [0.2, 0.25) is 0 Å². The number of hydrogen-bond donors (Lipinski definition) is 1. The van der Waals surface area contributed by atoms with Crippen LogP contribution in [0.4, 0.5) is 4.79 Å². The lowest BCUT2D eigenvalue weighted by molar-refractivity contribution is -0.111. The molecule has 0 aromatic heterocycles. The third kappa shape index (κ3) is 8.20. The van der Waals surface area contributed by atoms with E-state index in [9.17, 15) is 4.79 Å². The number of rotatable bonds is 8. The number of hydroxylamine groups is 3. The van der Waals surface area contributed by atoms with Gasteiger partial charge in [-0.25, -0.2) is 15.3 Å². The highest BCUT2D eigenvalue weighted by Gasteiger charge is 2.07. The Labute approximate surface area is 91.6 Å². The van der Waals surface area contributed by atoms with Crippen LogP contribution in [0.3, 0.4) is 0 Å². The molecule has 0 radical (unpaired) electrons. The van der Waals surface area contributed by atoms with Gasteiger partial charge in [-0.2, -0.15) is 0 Å². The van der Waals surface area contributed by atoms with Crippen molar-refractivity contribution in [2.24, 2.45) is 0 Å². The van der Waals surface area contributed by atoms with Crippen molar-refractivity contribution < 1.29 is 14.5 Å². The van der Waals surface area contributed by atoms with Crippen LogP contribution in [0.2, 0.25) is 0 Å². The molecule has 5 heteroatoms. The summed E-state index contributed by atoms with van der Waals surface area (Å²) in [5.41, 5.74) is 2.31. The highest BCUT2D eigenvalue weighted by Crippen LogP contribution is 1.93. The summed E-state index contributed by atoms with van der Waals surface area (Å²) in [6.07, 6.45) is 3.95. The van der Waals surface area contributed by atoms with Crippen LogP contribution in [-0.4, -0.2) is 31.4 Å². The van der Waals surface area contributed by atoms with Crippen LogP contribution in [0.25, 0.3) is 0 Å². The predicted molar refractivity (Wildman–Crippen MR) is 58.0 cm³/mol. The summed E-state index contributed by atoms with van der Waals surface area (Å²) in [5, 5.41) is 1.15. The third-order valence-electron chi connectivity index (χ3n) is 1.83. The average molecular weight is 218 g/mol. The van der Waals surface area contributed by atoms with E-state index in [1.807, 2.05) is 0 Å². The maximum atomic E-state index is 11.3. The smallest absolute Gasteiger partial charge is 0.272 e. The Morgan fingerprint density at radius 1 is 1.20 bits per heavy atom. The van der Waals surface area contributed by atoms with E-state index in [2.05, 4.69) is 19.3 Å². The van der Waals surface area contributed by atoms with Crippen molar-refractivity contribution in [3.8, 4) is 0 Å². The SMILES string of the molecule is CCCCONC(=O)N(C)OCCCC. The first-order chi connectivity index (χ1) is 7.22. The zero-order valence-corrected chi connectivity index (χ0v) is 9.91. The van der Waals surface area contributed by atoms with Gasteiger partial charge in [-0.15, -0.1) is 0 Å². The molecule has 0 unspecified atom stereocenters. The molecule has 0 aromatic carbocycles. The van der Waals surface area contributed by atoms with Crippen LogP contribution in [0.15, 0.2) is 0 Å². The zero-order chi connectivity index (χ0) is 11.5. The van der Waals surface area contributed by atoms with Gasteiger partial charge in [0.05, 0.1) is 13.2 Å². The molecule has 0 rings (SSSR count). The number of carbonyl (C=O) groups is 1.